The number of amides is 2. The summed E-state index contributed by atoms with van der Waals surface area (Å²) in [6.07, 6.45) is 5.15. The summed E-state index contributed by atoms with van der Waals surface area (Å²) < 4.78 is 1.65. The number of nitrogens with one attached hydrogen (secondary N) is 2. The van der Waals surface area contributed by atoms with Gasteiger partial charge >= 0.3 is 6.03 Å². The maximum Gasteiger partial charge on any atom is 0.321 e. The topological polar surface area (TPSA) is 73.4 Å². The summed E-state index contributed by atoms with van der Waals surface area (Å²) in [5.41, 5.74) is 1.46. The summed E-state index contributed by atoms with van der Waals surface area (Å²) in [6.45, 7) is 1.60. The number of anilines is 1. The van der Waals surface area contributed by atoms with Crippen molar-refractivity contribution in [2.75, 3.05) is 25.5 Å². The normalized spacial score (nSPS) is 23.5. The predicted octanol–water partition coefficient (Wildman–Crippen LogP) is 1.87. The largest absolute Gasteiger partial charge is 0.323 e. The van der Waals surface area contributed by atoms with E-state index in [9.17, 15) is 9.59 Å². The van der Waals surface area contributed by atoms with Crippen LogP contribution < -0.4 is 10.9 Å². The van der Waals surface area contributed by atoms with Crippen molar-refractivity contribution in [2.24, 2.45) is 0 Å². The Bertz CT molecular complexity index is 809. The number of likely N-dealkylation sites (tertiary alicyclic amines) is 1. The van der Waals surface area contributed by atoms with Crippen LogP contribution in [0.2, 0.25) is 0 Å². The second-order valence-electron chi connectivity index (χ2n) is 6.92. The molecule has 2 amide bonds. The molecule has 2 fully saturated rings. The number of likely N-dealkylation sites (N-methyl/N-ethyl adjacent to an activating group) is 1. The number of rotatable bonds is 2. The van der Waals surface area contributed by atoms with Crippen molar-refractivity contribution >= 4 is 11.7 Å². The van der Waals surface area contributed by atoms with Crippen LogP contribution in [0.4, 0.5) is 10.5 Å². The molecular formula is C18H23N5O2. The zero-order valence-electron chi connectivity index (χ0n) is 14.3. The first-order chi connectivity index (χ1) is 12.1. The van der Waals surface area contributed by atoms with Crippen LogP contribution in [0.1, 0.15) is 19.3 Å². The van der Waals surface area contributed by atoms with Crippen molar-refractivity contribution in [3.8, 4) is 5.69 Å². The van der Waals surface area contributed by atoms with E-state index in [4.69, 9.17) is 0 Å². The van der Waals surface area contributed by atoms with Gasteiger partial charge in [-0.05, 0) is 50.6 Å². The first-order valence-corrected chi connectivity index (χ1v) is 8.76. The van der Waals surface area contributed by atoms with Gasteiger partial charge < -0.3 is 10.2 Å². The zero-order chi connectivity index (χ0) is 17.4. The molecule has 4 rings (SSSR count). The molecule has 2 aromatic rings. The first kappa shape index (κ1) is 16.0. The number of H-pyrrole nitrogens is 1. The molecule has 1 aromatic carbocycles. The third-order valence-corrected chi connectivity index (χ3v) is 5.44. The third-order valence-electron chi connectivity index (χ3n) is 5.44. The Balaban J connectivity index is 1.41. The molecule has 2 N–H and O–H groups in total. The molecule has 2 atom stereocenters. The lowest BCUT2D eigenvalue weighted by Gasteiger charge is -2.26. The number of carbonyl (C=O) groups excluding carboxylic acids is 1. The monoisotopic (exact) mass is 341 g/mol. The van der Waals surface area contributed by atoms with E-state index in [0.29, 0.717) is 12.1 Å². The van der Waals surface area contributed by atoms with Crippen LogP contribution in [0.3, 0.4) is 0 Å². The molecule has 132 valence electrons. The van der Waals surface area contributed by atoms with Crippen molar-refractivity contribution in [3.63, 3.8) is 0 Å². The van der Waals surface area contributed by atoms with Crippen LogP contribution in [-0.4, -0.2) is 57.8 Å². The van der Waals surface area contributed by atoms with Gasteiger partial charge in [0.1, 0.15) is 0 Å². The van der Waals surface area contributed by atoms with Gasteiger partial charge in [-0.3, -0.25) is 19.5 Å². The molecule has 0 spiro atoms. The van der Waals surface area contributed by atoms with Gasteiger partial charge in [0.25, 0.3) is 5.56 Å². The lowest BCUT2D eigenvalue weighted by molar-refractivity contribution is 0.200. The molecule has 2 bridgehead atoms. The Morgan fingerprint density at radius 1 is 1.12 bits per heavy atom. The summed E-state index contributed by atoms with van der Waals surface area (Å²) in [6, 6.07) is 9.95. The minimum Gasteiger partial charge on any atom is -0.323 e. The summed E-state index contributed by atoms with van der Waals surface area (Å²) in [7, 11) is 2.17. The van der Waals surface area contributed by atoms with E-state index in [1.807, 2.05) is 29.2 Å². The lowest BCUT2D eigenvalue weighted by Crippen LogP contribution is -2.41. The van der Waals surface area contributed by atoms with Gasteiger partial charge in [-0.15, -0.1) is 0 Å². The van der Waals surface area contributed by atoms with E-state index in [-0.39, 0.29) is 11.6 Å². The quantitative estimate of drug-likeness (QED) is 0.876. The van der Waals surface area contributed by atoms with E-state index in [1.54, 1.807) is 10.9 Å². The number of nitrogens with zero attached hydrogens (tertiary/aromatic N) is 3. The smallest absolute Gasteiger partial charge is 0.321 e. The van der Waals surface area contributed by atoms with Crippen LogP contribution in [-0.2, 0) is 0 Å². The van der Waals surface area contributed by atoms with E-state index in [2.05, 4.69) is 22.4 Å². The molecule has 25 heavy (non-hydrogen) atoms. The van der Waals surface area contributed by atoms with Crippen LogP contribution in [0.5, 0.6) is 0 Å². The summed E-state index contributed by atoms with van der Waals surface area (Å²) in [4.78, 5) is 28.2. The van der Waals surface area contributed by atoms with Gasteiger partial charge in [-0.25, -0.2) is 4.79 Å². The lowest BCUT2D eigenvalue weighted by atomic mass is 10.1. The standard InChI is InChI=1S/C18H23N5O2/c1-21-14-6-7-16(21)12-22(10-8-14)18(25)19-13-2-4-15(5-3-13)23-11-9-17(24)20-23/h2-5,9,11,14,16H,6-8,10,12H2,1H3,(H,19,25)(H,20,24). The van der Waals surface area contributed by atoms with Crippen LogP contribution in [0.15, 0.2) is 41.3 Å². The molecule has 7 heteroatoms. The highest BCUT2D eigenvalue weighted by Gasteiger charge is 2.35. The average molecular weight is 341 g/mol. The Morgan fingerprint density at radius 3 is 2.60 bits per heavy atom. The van der Waals surface area contributed by atoms with E-state index < -0.39 is 0 Å². The Morgan fingerprint density at radius 2 is 1.88 bits per heavy atom. The maximum absolute atomic E-state index is 12.6. The van der Waals surface area contributed by atoms with Gasteiger partial charge in [-0.2, -0.15) is 0 Å². The number of hydrogen-bond acceptors (Lipinski definition) is 3. The molecule has 7 nitrogen and oxygen atoms in total. The fraction of sp³-hybridized carbons (Fsp3) is 0.444. The van der Waals surface area contributed by atoms with Crippen molar-refractivity contribution in [2.45, 2.75) is 31.3 Å². The van der Waals surface area contributed by atoms with Crippen LogP contribution in [0.25, 0.3) is 5.69 Å². The van der Waals surface area contributed by atoms with Crippen LogP contribution in [0, 0.1) is 0 Å². The summed E-state index contributed by atoms with van der Waals surface area (Å²) >= 11 is 0. The van der Waals surface area contributed by atoms with Crippen molar-refractivity contribution in [1.29, 1.82) is 0 Å². The maximum atomic E-state index is 12.6. The fourth-order valence-corrected chi connectivity index (χ4v) is 3.89. The average Bonchev–Trinajstić information content (AvgIpc) is 3.11. The fourth-order valence-electron chi connectivity index (χ4n) is 3.89. The third kappa shape index (κ3) is 3.19. The van der Waals surface area contributed by atoms with E-state index >= 15 is 0 Å². The summed E-state index contributed by atoms with van der Waals surface area (Å²) in [5.74, 6) is 0. The molecule has 2 aliphatic heterocycles. The number of benzene rings is 1. The summed E-state index contributed by atoms with van der Waals surface area (Å²) in [5, 5.41) is 5.68. The zero-order valence-corrected chi connectivity index (χ0v) is 14.3. The SMILES string of the molecule is CN1C2CCC1CN(C(=O)Nc1ccc(-n3ccc(=O)[nH]3)cc1)CC2. The minimum atomic E-state index is -0.141. The van der Waals surface area contributed by atoms with Crippen LogP contribution >= 0.6 is 0 Å². The van der Waals surface area contributed by atoms with Gasteiger partial charge in [-0.1, -0.05) is 0 Å². The molecule has 2 saturated heterocycles. The second-order valence-corrected chi connectivity index (χ2v) is 6.92. The number of aromatic amines is 1. The molecule has 0 aliphatic carbocycles. The van der Waals surface area contributed by atoms with Crippen molar-refractivity contribution < 1.29 is 4.79 Å². The highest BCUT2D eigenvalue weighted by atomic mass is 16.2. The molecule has 2 unspecified atom stereocenters. The number of carbonyl (C=O) groups is 1. The molecular weight excluding hydrogens is 318 g/mol. The number of fused-ring (bicyclic) bond motifs is 2. The molecule has 3 heterocycles. The van der Waals surface area contributed by atoms with Gasteiger partial charge in [0.15, 0.2) is 0 Å². The number of aromatic nitrogens is 2. The Hall–Kier alpha value is -2.54. The van der Waals surface area contributed by atoms with Gasteiger partial charge in [0, 0.05) is 43.1 Å². The molecule has 2 aliphatic rings. The minimum absolute atomic E-state index is 0.0388. The molecule has 0 saturated carbocycles. The highest BCUT2D eigenvalue weighted by Crippen LogP contribution is 2.28. The van der Waals surface area contributed by atoms with Crippen molar-refractivity contribution in [3.05, 3.63) is 46.9 Å². The predicted molar refractivity (Wildman–Crippen MR) is 96.2 cm³/mol. The number of urea groups is 1. The highest BCUT2D eigenvalue weighted by molar-refractivity contribution is 5.89. The van der Waals surface area contributed by atoms with Gasteiger partial charge in [0.05, 0.1) is 5.69 Å². The molecule has 1 aromatic heterocycles. The van der Waals surface area contributed by atoms with Crippen molar-refractivity contribution in [1.82, 2.24) is 19.6 Å². The first-order valence-electron chi connectivity index (χ1n) is 8.76. The van der Waals surface area contributed by atoms with E-state index in [1.165, 1.54) is 18.9 Å². The second kappa shape index (κ2) is 6.40. The van der Waals surface area contributed by atoms with E-state index in [0.717, 1.165) is 30.9 Å². The Kier molecular flexibility index (Phi) is 4.09. The Labute approximate surface area is 146 Å². The van der Waals surface area contributed by atoms with Gasteiger partial charge in [0.2, 0.25) is 0 Å². The number of hydrogen-bond donors (Lipinski definition) is 2. The molecule has 0 radical (unpaired) electrons.